The Bertz CT molecular complexity index is 771. The molecule has 6 heteroatoms. The molecule has 2 rings (SSSR count). The first kappa shape index (κ1) is 13.8. The van der Waals surface area contributed by atoms with Gasteiger partial charge in [0.25, 0.3) is 5.56 Å². The van der Waals surface area contributed by atoms with Gasteiger partial charge in [0.2, 0.25) is 0 Å². The molecule has 0 saturated carbocycles. The normalized spacial score (nSPS) is 11.6. The number of rotatable bonds is 3. The Balaban J connectivity index is 2.38. The van der Waals surface area contributed by atoms with Gasteiger partial charge in [0, 0.05) is 24.4 Å². The number of H-pyrrole nitrogens is 1. The lowest BCUT2D eigenvalue weighted by Crippen LogP contribution is -2.31. The summed E-state index contributed by atoms with van der Waals surface area (Å²) in [7, 11) is 1.62. The lowest BCUT2D eigenvalue weighted by Gasteiger charge is -2.08. The Kier molecular flexibility index (Phi) is 3.84. The van der Waals surface area contributed by atoms with E-state index >= 15 is 0 Å². The highest BCUT2D eigenvalue weighted by atomic mass is 16.2. The molecular weight excluding hydrogens is 256 g/mol. The van der Waals surface area contributed by atoms with Crippen molar-refractivity contribution in [3.63, 3.8) is 0 Å². The molecular formula is C14H16N4O2. The molecule has 0 aliphatic heterocycles. The number of aliphatic imine (C=N–C) groups is 1. The summed E-state index contributed by atoms with van der Waals surface area (Å²) in [6.45, 7) is 2.02. The fraction of sp³-hybridized carbons (Fsp3) is 0.214. The van der Waals surface area contributed by atoms with E-state index in [1.807, 2.05) is 24.3 Å². The average Bonchev–Trinajstić information content (AvgIpc) is 2.44. The van der Waals surface area contributed by atoms with Crippen LogP contribution in [-0.2, 0) is 6.54 Å². The highest BCUT2D eigenvalue weighted by Gasteiger charge is 2.04. The zero-order valence-electron chi connectivity index (χ0n) is 11.4. The van der Waals surface area contributed by atoms with Crippen molar-refractivity contribution in [3.05, 3.63) is 68.0 Å². The molecule has 0 radical (unpaired) electrons. The molecule has 0 fully saturated rings. The van der Waals surface area contributed by atoms with Crippen molar-refractivity contribution in [2.45, 2.75) is 13.5 Å². The van der Waals surface area contributed by atoms with Gasteiger partial charge < -0.3 is 5.73 Å². The van der Waals surface area contributed by atoms with E-state index in [4.69, 9.17) is 5.73 Å². The van der Waals surface area contributed by atoms with E-state index in [0.717, 1.165) is 11.1 Å². The Labute approximate surface area is 115 Å². The SMILES string of the molecule is CN=C(N)c1cccc(Cn2cc(C)c(=O)[nH]c2=O)c1. The molecule has 0 spiro atoms. The van der Waals surface area contributed by atoms with E-state index in [9.17, 15) is 9.59 Å². The first-order chi connectivity index (χ1) is 9.51. The van der Waals surface area contributed by atoms with Crippen LogP contribution in [-0.4, -0.2) is 22.4 Å². The summed E-state index contributed by atoms with van der Waals surface area (Å²) in [5, 5.41) is 0. The third-order valence-corrected chi connectivity index (χ3v) is 3.01. The number of nitrogens with two attached hydrogens (primary N) is 1. The second-order valence-electron chi connectivity index (χ2n) is 4.51. The van der Waals surface area contributed by atoms with E-state index in [1.54, 1.807) is 20.2 Å². The number of hydrogen-bond acceptors (Lipinski definition) is 3. The maximum Gasteiger partial charge on any atom is 0.328 e. The van der Waals surface area contributed by atoms with Crippen LogP contribution in [0.25, 0.3) is 0 Å². The molecule has 2 aromatic rings. The Morgan fingerprint density at radius 2 is 2.15 bits per heavy atom. The van der Waals surface area contributed by atoms with E-state index in [-0.39, 0.29) is 5.56 Å². The lowest BCUT2D eigenvalue weighted by molar-refractivity contribution is 0.713. The van der Waals surface area contributed by atoms with Crippen LogP contribution in [0.2, 0.25) is 0 Å². The molecule has 20 heavy (non-hydrogen) atoms. The molecule has 1 aromatic carbocycles. The Morgan fingerprint density at radius 3 is 2.85 bits per heavy atom. The molecule has 0 aliphatic rings. The predicted octanol–water partition coefficient (Wildman–Crippen LogP) is 0.228. The molecule has 0 unspecified atom stereocenters. The summed E-state index contributed by atoms with van der Waals surface area (Å²) in [6.07, 6.45) is 1.55. The molecule has 3 N–H and O–H groups in total. The largest absolute Gasteiger partial charge is 0.384 e. The maximum absolute atomic E-state index is 11.7. The van der Waals surface area contributed by atoms with Gasteiger partial charge in [0.15, 0.2) is 0 Å². The van der Waals surface area contributed by atoms with Crippen molar-refractivity contribution in [1.29, 1.82) is 0 Å². The topological polar surface area (TPSA) is 93.2 Å². The average molecular weight is 272 g/mol. The van der Waals surface area contributed by atoms with Gasteiger partial charge in [-0.2, -0.15) is 0 Å². The van der Waals surface area contributed by atoms with Crippen molar-refractivity contribution in [2.24, 2.45) is 10.7 Å². The van der Waals surface area contributed by atoms with Gasteiger partial charge in [-0.25, -0.2) is 4.79 Å². The van der Waals surface area contributed by atoms with Gasteiger partial charge in [-0.05, 0) is 18.6 Å². The van der Waals surface area contributed by atoms with Crippen molar-refractivity contribution in [3.8, 4) is 0 Å². The lowest BCUT2D eigenvalue weighted by atomic mass is 10.1. The molecule has 1 aromatic heterocycles. The Hall–Kier alpha value is -2.63. The van der Waals surface area contributed by atoms with Gasteiger partial charge in [0.05, 0.1) is 6.54 Å². The van der Waals surface area contributed by atoms with Crippen LogP contribution in [0.5, 0.6) is 0 Å². The number of aromatic nitrogens is 2. The quantitative estimate of drug-likeness (QED) is 0.618. The van der Waals surface area contributed by atoms with Crippen LogP contribution in [0.1, 0.15) is 16.7 Å². The van der Waals surface area contributed by atoms with Gasteiger partial charge in [-0.3, -0.25) is 19.3 Å². The third-order valence-electron chi connectivity index (χ3n) is 3.01. The molecule has 0 amide bonds. The number of aryl methyl sites for hydroxylation is 1. The number of nitrogens with one attached hydrogen (secondary N) is 1. The van der Waals surface area contributed by atoms with E-state index in [1.165, 1.54) is 4.57 Å². The van der Waals surface area contributed by atoms with Crippen LogP contribution < -0.4 is 17.0 Å². The van der Waals surface area contributed by atoms with Crippen molar-refractivity contribution in [1.82, 2.24) is 9.55 Å². The van der Waals surface area contributed by atoms with Gasteiger partial charge >= 0.3 is 5.69 Å². The minimum Gasteiger partial charge on any atom is -0.384 e. The minimum absolute atomic E-state index is 0.359. The fourth-order valence-electron chi connectivity index (χ4n) is 1.89. The van der Waals surface area contributed by atoms with Crippen LogP contribution >= 0.6 is 0 Å². The molecule has 0 aliphatic carbocycles. The minimum atomic E-state index is -0.428. The highest BCUT2D eigenvalue weighted by molar-refractivity contribution is 5.97. The molecule has 0 atom stereocenters. The summed E-state index contributed by atoms with van der Waals surface area (Å²) in [6, 6.07) is 7.47. The first-order valence-electron chi connectivity index (χ1n) is 6.13. The smallest absolute Gasteiger partial charge is 0.328 e. The Morgan fingerprint density at radius 1 is 1.40 bits per heavy atom. The number of amidine groups is 1. The summed E-state index contributed by atoms with van der Waals surface area (Å²) in [5.41, 5.74) is 7.18. The zero-order valence-corrected chi connectivity index (χ0v) is 11.4. The fourth-order valence-corrected chi connectivity index (χ4v) is 1.89. The van der Waals surface area contributed by atoms with Crippen molar-refractivity contribution in [2.75, 3.05) is 7.05 Å². The monoisotopic (exact) mass is 272 g/mol. The summed E-state index contributed by atoms with van der Waals surface area (Å²) in [5.74, 6) is 0.442. The number of hydrogen-bond donors (Lipinski definition) is 2. The summed E-state index contributed by atoms with van der Waals surface area (Å²) < 4.78 is 1.45. The molecule has 0 bridgehead atoms. The van der Waals surface area contributed by atoms with Crippen LogP contribution in [0.15, 0.2) is 45.0 Å². The molecule has 104 valence electrons. The predicted molar refractivity (Wildman–Crippen MR) is 78.3 cm³/mol. The number of benzene rings is 1. The first-order valence-corrected chi connectivity index (χ1v) is 6.13. The number of aromatic amines is 1. The zero-order chi connectivity index (χ0) is 14.7. The van der Waals surface area contributed by atoms with Gasteiger partial charge in [0.1, 0.15) is 5.84 Å². The highest BCUT2D eigenvalue weighted by Crippen LogP contribution is 2.06. The van der Waals surface area contributed by atoms with E-state index in [2.05, 4.69) is 9.98 Å². The maximum atomic E-state index is 11.7. The van der Waals surface area contributed by atoms with Crippen molar-refractivity contribution < 1.29 is 0 Å². The third kappa shape index (κ3) is 2.85. The summed E-state index contributed by atoms with van der Waals surface area (Å²) >= 11 is 0. The molecule has 6 nitrogen and oxygen atoms in total. The van der Waals surface area contributed by atoms with E-state index < -0.39 is 5.69 Å². The summed E-state index contributed by atoms with van der Waals surface area (Å²) in [4.78, 5) is 29.3. The van der Waals surface area contributed by atoms with Gasteiger partial charge in [-0.15, -0.1) is 0 Å². The number of nitrogens with zero attached hydrogens (tertiary/aromatic N) is 2. The molecule has 1 heterocycles. The van der Waals surface area contributed by atoms with Crippen LogP contribution in [0.3, 0.4) is 0 Å². The van der Waals surface area contributed by atoms with Crippen LogP contribution in [0.4, 0.5) is 0 Å². The van der Waals surface area contributed by atoms with Gasteiger partial charge in [-0.1, -0.05) is 18.2 Å². The van der Waals surface area contributed by atoms with Crippen LogP contribution in [0, 0.1) is 6.92 Å². The van der Waals surface area contributed by atoms with Crippen molar-refractivity contribution >= 4 is 5.84 Å². The van der Waals surface area contributed by atoms with E-state index in [0.29, 0.717) is 17.9 Å². The molecule has 0 saturated heterocycles. The second kappa shape index (κ2) is 5.56. The second-order valence-corrected chi connectivity index (χ2v) is 4.51. The standard InChI is InChI=1S/C14H16N4O2/c1-9-7-18(14(20)17-13(9)19)8-10-4-3-5-11(6-10)12(15)16-2/h3-7H,8H2,1-2H3,(H2,15,16)(H,17,19,20).